The summed E-state index contributed by atoms with van der Waals surface area (Å²) in [6.07, 6.45) is 14.2. The maximum absolute atomic E-state index is 8.17. The van der Waals surface area contributed by atoms with E-state index >= 15 is 0 Å². The first kappa shape index (κ1) is 14.5. The topological polar surface area (TPSA) is 49.9 Å². The molecule has 8 atom stereocenters. The van der Waals surface area contributed by atoms with E-state index in [0.717, 1.165) is 65.4 Å². The second kappa shape index (κ2) is 4.37. The Bertz CT molecular complexity index is 646. The number of nitrogens with two attached hydrogens (primary N) is 1. The molecule has 8 unspecified atom stereocenters. The molecule has 0 saturated heterocycles. The largest absolute Gasteiger partial charge is 0.321 e. The van der Waals surface area contributed by atoms with Crippen LogP contribution in [0.2, 0.25) is 0 Å². The lowest BCUT2D eigenvalue weighted by molar-refractivity contribution is -0.0312. The maximum atomic E-state index is 8.17. The normalized spacial score (nSPS) is 58.2. The summed E-state index contributed by atoms with van der Waals surface area (Å²) in [5.74, 6) is 6.58. The number of hydrogen-bond acceptors (Lipinski definition) is 2. The summed E-state index contributed by atoms with van der Waals surface area (Å²) in [5, 5.41) is 8.17. The van der Waals surface area contributed by atoms with Gasteiger partial charge in [0.05, 0.1) is 0 Å². The molecule has 130 valence electrons. The van der Waals surface area contributed by atoms with Crippen molar-refractivity contribution in [3.8, 4) is 0 Å². The van der Waals surface area contributed by atoms with Crippen LogP contribution in [0.4, 0.5) is 0 Å². The Morgan fingerprint density at radius 2 is 1.83 bits per heavy atom. The van der Waals surface area contributed by atoms with Gasteiger partial charge in [-0.3, -0.25) is 0 Å². The third kappa shape index (κ3) is 1.56. The molecule has 3 N–H and O–H groups in total. The van der Waals surface area contributed by atoms with Gasteiger partial charge in [-0.1, -0.05) is 6.92 Å². The van der Waals surface area contributed by atoms with Crippen LogP contribution in [-0.4, -0.2) is 11.3 Å². The van der Waals surface area contributed by atoms with Gasteiger partial charge in [0.1, 0.15) is 0 Å². The average Bonchev–Trinajstić information content (AvgIpc) is 3.45. The van der Waals surface area contributed by atoms with Crippen LogP contribution in [0.5, 0.6) is 0 Å². The Balaban J connectivity index is 1.44. The minimum atomic E-state index is -0.0571. The lowest BCUT2D eigenvalue weighted by Crippen LogP contribution is -2.61. The third-order valence-electron chi connectivity index (χ3n) is 9.92. The Morgan fingerprint density at radius 3 is 2.58 bits per heavy atom. The summed E-state index contributed by atoms with van der Waals surface area (Å²) in [7, 11) is 0. The van der Waals surface area contributed by atoms with E-state index in [1.54, 1.807) is 0 Å². The zero-order valence-corrected chi connectivity index (χ0v) is 15.1. The summed E-state index contributed by atoms with van der Waals surface area (Å²) >= 11 is 0. The van der Waals surface area contributed by atoms with Crippen LogP contribution in [0.3, 0.4) is 0 Å². The molecule has 6 aliphatic carbocycles. The number of hydrogen-bond donors (Lipinski definition) is 2. The molecule has 0 aromatic carbocycles. The van der Waals surface area contributed by atoms with E-state index in [-0.39, 0.29) is 5.54 Å². The van der Waals surface area contributed by atoms with Gasteiger partial charge in [0.2, 0.25) is 0 Å². The van der Waals surface area contributed by atoms with Crippen molar-refractivity contribution in [2.45, 2.75) is 70.3 Å². The zero-order chi connectivity index (χ0) is 16.3. The zero-order valence-electron chi connectivity index (χ0n) is 15.1. The summed E-state index contributed by atoms with van der Waals surface area (Å²) in [6.45, 7) is 2.55. The monoisotopic (exact) mass is 324 g/mol. The Morgan fingerprint density at radius 1 is 1.04 bits per heavy atom. The highest BCUT2D eigenvalue weighted by Gasteiger charge is 2.73. The molecular weight excluding hydrogens is 292 g/mol. The molecular formula is C22H32N2. The van der Waals surface area contributed by atoms with E-state index in [4.69, 9.17) is 11.1 Å². The molecule has 0 heterocycles. The highest BCUT2D eigenvalue weighted by molar-refractivity contribution is 5.94. The molecule has 0 amide bonds. The minimum Gasteiger partial charge on any atom is -0.321 e. The van der Waals surface area contributed by atoms with Gasteiger partial charge in [0.25, 0.3) is 0 Å². The lowest BCUT2D eigenvalue weighted by atomic mass is 9.48. The van der Waals surface area contributed by atoms with Crippen molar-refractivity contribution in [2.24, 2.45) is 52.6 Å². The predicted octanol–water partition coefficient (Wildman–Crippen LogP) is 4.54. The van der Waals surface area contributed by atoms with Crippen LogP contribution in [-0.2, 0) is 0 Å². The molecule has 0 aromatic heterocycles. The van der Waals surface area contributed by atoms with E-state index in [2.05, 4.69) is 13.0 Å². The van der Waals surface area contributed by atoms with E-state index in [0.29, 0.717) is 0 Å². The second-order valence-corrected chi connectivity index (χ2v) is 10.4. The molecule has 6 rings (SSSR count). The van der Waals surface area contributed by atoms with Gasteiger partial charge < -0.3 is 11.1 Å². The van der Waals surface area contributed by atoms with Crippen LogP contribution >= 0.6 is 0 Å². The Labute approximate surface area is 146 Å². The summed E-state index contributed by atoms with van der Waals surface area (Å²) in [5.41, 5.74) is 10.2. The highest BCUT2D eigenvalue weighted by Crippen LogP contribution is 2.79. The summed E-state index contributed by atoms with van der Waals surface area (Å²) in [6, 6.07) is 0. The minimum absolute atomic E-state index is 0.0571. The van der Waals surface area contributed by atoms with Crippen molar-refractivity contribution in [3.05, 3.63) is 11.6 Å². The van der Waals surface area contributed by atoms with E-state index in [1.807, 2.05) is 0 Å². The molecule has 24 heavy (non-hydrogen) atoms. The van der Waals surface area contributed by atoms with Crippen molar-refractivity contribution >= 4 is 5.71 Å². The van der Waals surface area contributed by atoms with Gasteiger partial charge in [0, 0.05) is 11.3 Å². The molecule has 5 fully saturated rings. The van der Waals surface area contributed by atoms with E-state index in [1.165, 1.54) is 50.5 Å². The van der Waals surface area contributed by atoms with Gasteiger partial charge in [0.15, 0.2) is 0 Å². The quantitative estimate of drug-likeness (QED) is 0.731. The Hall–Kier alpha value is -0.630. The molecule has 0 bridgehead atoms. The lowest BCUT2D eigenvalue weighted by Gasteiger charge is -2.59. The van der Waals surface area contributed by atoms with Crippen LogP contribution in [0.25, 0.3) is 0 Å². The summed E-state index contributed by atoms with van der Waals surface area (Å²) < 4.78 is 0. The molecule has 0 radical (unpaired) electrons. The molecule has 6 aliphatic rings. The van der Waals surface area contributed by atoms with Gasteiger partial charge in [-0.2, -0.15) is 0 Å². The molecule has 1 spiro atoms. The standard InChI is InChI=1S/C22H32N2/c1-12-17-4-5-18-20-16(13-2-3-13)11-14-10-15(23)6-9-22(14,24)19(20)7-8-21(12,17)18/h10,12-13,16-20,23H,2-9,11,24H2,1H3. The van der Waals surface area contributed by atoms with Gasteiger partial charge in [-0.05, 0) is 116 Å². The molecule has 0 aliphatic heterocycles. The van der Waals surface area contributed by atoms with Crippen molar-refractivity contribution in [3.63, 3.8) is 0 Å². The first-order valence-corrected chi connectivity index (χ1v) is 10.6. The number of allylic oxidation sites excluding steroid dienone is 1. The number of fused-ring (bicyclic) bond motifs is 4. The first-order valence-electron chi connectivity index (χ1n) is 10.6. The van der Waals surface area contributed by atoms with Crippen LogP contribution in [0.1, 0.15) is 64.7 Å². The third-order valence-corrected chi connectivity index (χ3v) is 9.92. The van der Waals surface area contributed by atoms with Crippen LogP contribution in [0.15, 0.2) is 11.6 Å². The fourth-order valence-electron chi connectivity index (χ4n) is 8.73. The average molecular weight is 325 g/mol. The van der Waals surface area contributed by atoms with Gasteiger partial charge in [-0.15, -0.1) is 0 Å². The van der Waals surface area contributed by atoms with E-state index < -0.39 is 0 Å². The fraction of sp³-hybridized carbons (Fsp3) is 0.864. The van der Waals surface area contributed by atoms with Crippen LogP contribution < -0.4 is 5.73 Å². The highest BCUT2D eigenvalue weighted by atomic mass is 14.9. The maximum Gasteiger partial charge on any atom is 0.0407 e. The molecule has 2 heteroatoms. The smallest absolute Gasteiger partial charge is 0.0407 e. The SMILES string of the molecule is CC1C2CCC3C4C(C5CC5)CC5=CC(=N)CCC5(N)C4CCC132. The fourth-order valence-corrected chi connectivity index (χ4v) is 8.73. The van der Waals surface area contributed by atoms with Crippen molar-refractivity contribution in [2.75, 3.05) is 0 Å². The van der Waals surface area contributed by atoms with Crippen molar-refractivity contribution in [1.29, 1.82) is 5.41 Å². The predicted molar refractivity (Wildman–Crippen MR) is 96.8 cm³/mol. The Kier molecular flexibility index (Phi) is 2.64. The number of nitrogens with one attached hydrogen (secondary N) is 1. The molecule has 0 aromatic rings. The first-order chi connectivity index (χ1) is 11.6. The number of rotatable bonds is 1. The van der Waals surface area contributed by atoms with Crippen molar-refractivity contribution < 1.29 is 0 Å². The molecule has 2 nitrogen and oxygen atoms in total. The van der Waals surface area contributed by atoms with Crippen LogP contribution in [0, 0.1) is 52.2 Å². The van der Waals surface area contributed by atoms with Gasteiger partial charge in [-0.25, -0.2) is 0 Å². The molecule has 5 saturated carbocycles. The van der Waals surface area contributed by atoms with Crippen molar-refractivity contribution in [1.82, 2.24) is 0 Å². The van der Waals surface area contributed by atoms with Gasteiger partial charge >= 0.3 is 0 Å². The van der Waals surface area contributed by atoms with E-state index in [9.17, 15) is 0 Å². The summed E-state index contributed by atoms with van der Waals surface area (Å²) in [4.78, 5) is 0. The second-order valence-electron chi connectivity index (χ2n) is 10.4.